The Morgan fingerprint density at radius 2 is 1.80 bits per heavy atom. The number of para-hydroxylation sites is 1. The van der Waals surface area contributed by atoms with Gasteiger partial charge in [0.25, 0.3) is 5.91 Å². The SMILES string of the molecule is O=C(NC1CCS(=O)(=O)c2ccccc21)c1ccccc1OC(F)F. The van der Waals surface area contributed by atoms with Crippen LogP contribution >= 0.6 is 0 Å². The van der Waals surface area contributed by atoms with Crippen LogP contribution in [0.25, 0.3) is 0 Å². The minimum atomic E-state index is -3.37. The van der Waals surface area contributed by atoms with Gasteiger partial charge in [-0.1, -0.05) is 30.3 Å². The lowest BCUT2D eigenvalue weighted by Crippen LogP contribution is -2.34. The summed E-state index contributed by atoms with van der Waals surface area (Å²) in [6.07, 6.45) is 0.211. The van der Waals surface area contributed by atoms with Crippen LogP contribution in [0.4, 0.5) is 8.78 Å². The topological polar surface area (TPSA) is 72.5 Å². The largest absolute Gasteiger partial charge is 0.434 e. The van der Waals surface area contributed by atoms with Gasteiger partial charge >= 0.3 is 6.61 Å². The van der Waals surface area contributed by atoms with Gasteiger partial charge < -0.3 is 10.1 Å². The molecule has 0 aliphatic carbocycles. The first kappa shape index (κ1) is 17.3. The summed E-state index contributed by atoms with van der Waals surface area (Å²) in [4.78, 5) is 12.7. The Morgan fingerprint density at radius 3 is 2.56 bits per heavy atom. The van der Waals surface area contributed by atoms with E-state index in [4.69, 9.17) is 0 Å². The molecule has 8 heteroatoms. The molecule has 0 fully saturated rings. The number of halogens is 2. The summed E-state index contributed by atoms with van der Waals surface area (Å²) in [6.45, 7) is -3.05. The van der Waals surface area contributed by atoms with Crippen molar-refractivity contribution in [1.29, 1.82) is 0 Å². The predicted octanol–water partition coefficient (Wildman–Crippen LogP) is 2.94. The molecule has 1 atom stereocenters. The second-order valence-electron chi connectivity index (χ2n) is 5.55. The Kier molecular flexibility index (Phi) is 4.71. The van der Waals surface area contributed by atoms with Crippen LogP contribution in [0.2, 0.25) is 0 Å². The number of benzene rings is 2. The first-order valence-electron chi connectivity index (χ1n) is 7.55. The monoisotopic (exact) mass is 367 g/mol. The van der Waals surface area contributed by atoms with Crippen molar-refractivity contribution >= 4 is 15.7 Å². The smallest absolute Gasteiger partial charge is 0.387 e. The minimum Gasteiger partial charge on any atom is -0.434 e. The van der Waals surface area contributed by atoms with E-state index in [9.17, 15) is 22.0 Å². The maximum Gasteiger partial charge on any atom is 0.387 e. The third-order valence-corrected chi connectivity index (χ3v) is 5.77. The fraction of sp³-hybridized carbons (Fsp3) is 0.235. The van der Waals surface area contributed by atoms with E-state index < -0.39 is 28.4 Å². The molecule has 1 unspecified atom stereocenters. The Hall–Kier alpha value is -2.48. The average molecular weight is 367 g/mol. The number of alkyl halides is 2. The van der Waals surface area contributed by atoms with Crippen LogP contribution < -0.4 is 10.1 Å². The van der Waals surface area contributed by atoms with Crippen molar-refractivity contribution in [2.24, 2.45) is 0 Å². The Morgan fingerprint density at radius 1 is 1.12 bits per heavy atom. The van der Waals surface area contributed by atoms with Gasteiger partial charge in [-0.3, -0.25) is 4.79 Å². The van der Waals surface area contributed by atoms with E-state index in [-0.39, 0.29) is 28.4 Å². The van der Waals surface area contributed by atoms with Crippen molar-refractivity contribution in [3.8, 4) is 5.75 Å². The molecule has 5 nitrogen and oxygen atoms in total. The molecule has 1 amide bonds. The van der Waals surface area contributed by atoms with Crippen molar-refractivity contribution in [1.82, 2.24) is 5.32 Å². The van der Waals surface area contributed by atoms with Gasteiger partial charge in [0, 0.05) is 0 Å². The van der Waals surface area contributed by atoms with Crippen LogP contribution in [-0.4, -0.2) is 26.7 Å². The van der Waals surface area contributed by atoms with E-state index in [0.29, 0.717) is 5.56 Å². The number of carbonyl (C=O) groups is 1. The van der Waals surface area contributed by atoms with Crippen molar-refractivity contribution in [3.63, 3.8) is 0 Å². The van der Waals surface area contributed by atoms with Gasteiger partial charge in [-0.2, -0.15) is 8.78 Å². The molecule has 0 radical (unpaired) electrons. The van der Waals surface area contributed by atoms with Crippen molar-refractivity contribution in [2.45, 2.75) is 24.0 Å². The molecule has 132 valence electrons. The van der Waals surface area contributed by atoms with E-state index in [0.717, 1.165) is 0 Å². The highest BCUT2D eigenvalue weighted by Gasteiger charge is 2.31. The van der Waals surface area contributed by atoms with Crippen LogP contribution in [0, 0.1) is 0 Å². The van der Waals surface area contributed by atoms with Gasteiger partial charge in [0.15, 0.2) is 9.84 Å². The normalized spacial score (nSPS) is 18.4. The quantitative estimate of drug-likeness (QED) is 0.902. The van der Waals surface area contributed by atoms with Crippen molar-refractivity contribution in [2.75, 3.05) is 5.75 Å². The Bertz CT molecular complexity index is 899. The standard InChI is InChI=1S/C17H15F2NO4S/c18-17(19)24-14-7-3-1-6-12(14)16(21)20-13-9-10-25(22,23)15-8-4-2-5-11(13)15/h1-8,13,17H,9-10H2,(H,20,21). The maximum absolute atomic E-state index is 12.5. The molecule has 0 bridgehead atoms. The minimum absolute atomic E-state index is 0.0336. The Labute approximate surface area is 143 Å². The lowest BCUT2D eigenvalue weighted by molar-refractivity contribution is -0.0501. The van der Waals surface area contributed by atoms with E-state index in [1.165, 1.54) is 30.3 Å². The number of hydrogen-bond acceptors (Lipinski definition) is 4. The third kappa shape index (κ3) is 3.63. The first-order chi connectivity index (χ1) is 11.9. The molecule has 1 N–H and O–H groups in total. The Balaban J connectivity index is 1.88. The molecular weight excluding hydrogens is 352 g/mol. The molecule has 0 spiro atoms. The number of hydrogen-bond donors (Lipinski definition) is 1. The number of ether oxygens (including phenoxy) is 1. The zero-order chi connectivity index (χ0) is 18.0. The van der Waals surface area contributed by atoms with E-state index in [2.05, 4.69) is 10.1 Å². The van der Waals surface area contributed by atoms with Crippen LogP contribution in [0.1, 0.15) is 28.4 Å². The van der Waals surface area contributed by atoms with E-state index >= 15 is 0 Å². The summed E-state index contributed by atoms with van der Waals surface area (Å²) >= 11 is 0. The van der Waals surface area contributed by atoms with Crippen LogP contribution in [0.15, 0.2) is 53.4 Å². The maximum atomic E-state index is 12.5. The fourth-order valence-electron chi connectivity index (χ4n) is 2.83. The number of nitrogens with one attached hydrogen (secondary N) is 1. The highest BCUT2D eigenvalue weighted by molar-refractivity contribution is 7.91. The van der Waals surface area contributed by atoms with E-state index in [1.807, 2.05) is 0 Å². The second kappa shape index (κ2) is 6.79. The number of amides is 1. The summed E-state index contributed by atoms with van der Waals surface area (Å²) in [5, 5.41) is 2.71. The summed E-state index contributed by atoms with van der Waals surface area (Å²) in [5.74, 6) is -0.925. The van der Waals surface area contributed by atoms with Crippen LogP contribution in [-0.2, 0) is 9.84 Å². The molecule has 0 saturated carbocycles. The highest BCUT2D eigenvalue weighted by atomic mass is 32.2. The van der Waals surface area contributed by atoms with Crippen LogP contribution in [0.5, 0.6) is 5.75 Å². The van der Waals surface area contributed by atoms with Gasteiger partial charge in [0.2, 0.25) is 0 Å². The molecule has 25 heavy (non-hydrogen) atoms. The lowest BCUT2D eigenvalue weighted by Gasteiger charge is -2.26. The zero-order valence-corrected chi connectivity index (χ0v) is 13.8. The van der Waals surface area contributed by atoms with Gasteiger partial charge in [-0.15, -0.1) is 0 Å². The lowest BCUT2D eigenvalue weighted by atomic mass is 10.0. The van der Waals surface area contributed by atoms with E-state index in [1.54, 1.807) is 18.2 Å². The van der Waals surface area contributed by atoms with Gasteiger partial charge in [-0.05, 0) is 30.2 Å². The fourth-order valence-corrected chi connectivity index (χ4v) is 4.45. The van der Waals surface area contributed by atoms with Crippen LogP contribution in [0.3, 0.4) is 0 Å². The van der Waals surface area contributed by atoms with Gasteiger partial charge in [-0.25, -0.2) is 8.42 Å². The molecule has 2 aromatic rings. The molecule has 2 aromatic carbocycles. The third-order valence-electron chi connectivity index (χ3n) is 3.96. The average Bonchev–Trinajstić information content (AvgIpc) is 2.57. The summed E-state index contributed by atoms with van der Waals surface area (Å²) in [7, 11) is -3.37. The highest BCUT2D eigenvalue weighted by Crippen LogP contribution is 2.32. The number of sulfone groups is 1. The van der Waals surface area contributed by atoms with Gasteiger partial charge in [0.1, 0.15) is 5.75 Å². The molecule has 0 saturated heterocycles. The van der Waals surface area contributed by atoms with Gasteiger partial charge in [0.05, 0.1) is 22.3 Å². The van der Waals surface area contributed by atoms with Crippen molar-refractivity contribution in [3.05, 3.63) is 59.7 Å². The summed E-state index contributed by atoms with van der Waals surface area (Å²) in [6, 6.07) is 11.6. The molecule has 1 aliphatic heterocycles. The second-order valence-corrected chi connectivity index (χ2v) is 7.62. The molecule has 1 aliphatic rings. The molecule has 1 heterocycles. The number of rotatable bonds is 4. The number of carbonyl (C=O) groups excluding carboxylic acids is 1. The summed E-state index contributed by atoms with van der Waals surface area (Å²) in [5.41, 5.74) is 0.461. The molecule has 3 rings (SSSR count). The molecular formula is C17H15F2NO4S. The van der Waals surface area contributed by atoms with Crippen molar-refractivity contribution < 1.29 is 26.7 Å². The zero-order valence-electron chi connectivity index (χ0n) is 13.0. The molecule has 0 aromatic heterocycles. The number of fused-ring (bicyclic) bond motifs is 1. The summed E-state index contributed by atoms with van der Waals surface area (Å²) < 4.78 is 53.6. The first-order valence-corrected chi connectivity index (χ1v) is 9.20. The predicted molar refractivity (Wildman–Crippen MR) is 86.4 cm³/mol.